The average Bonchev–Trinajstić information content (AvgIpc) is 2.48. The number of methoxy groups -OCH3 is 1. The van der Waals surface area contributed by atoms with Crippen LogP contribution in [-0.2, 0) is 0 Å². The molecule has 0 radical (unpaired) electrons. The molecule has 0 amide bonds. The normalized spacial score (nSPS) is 11.2. The molecule has 0 saturated heterocycles. The topological polar surface area (TPSA) is 26.3 Å². The number of allylic oxidation sites excluding steroid dienone is 1. The van der Waals surface area contributed by atoms with E-state index in [1.807, 2.05) is 61.5 Å². The number of ketones is 1. The molecule has 0 heterocycles. The second kappa shape index (κ2) is 6.53. The summed E-state index contributed by atoms with van der Waals surface area (Å²) in [6.07, 6.45) is 1.81. The minimum Gasteiger partial charge on any atom is -0.497 e. The second-order valence-corrected chi connectivity index (χ2v) is 5.31. The number of halogens is 1. The van der Waals surface area contributed by atoms with Crippen molar-refractivity contribution in [1.29, 1.82) is 0 Å². The van der Waals surface area contributed by atoms with Crippen LogP contribution in [0, 0.1) is 6.92 Å². The zero-order valence-corrected chi connectivity index (χ0v) is 13.0. The number of rotatable bonds is 4. The fourth-order valence-electron chi connectivity index (χ4n) is 1.75. The highest BCUT2D eigenvalue weighted by Gasteiger charge is 2.09. The van der Waals surface area contributed by atoms with Crippen molar-refractivity contribution in [2.45, 2.75) is 6.92 Å². The quantitative estimate of drug-likeness (QED) is 0.603. The summed E-state index contributed by atoms with van der Waals surface area (Å²) in [6, 6.07) is 15.1. The number of hydrogen-bond acceptors (Lipinski definition) is 2. The lowest BCUT2D eigenvalue weighted by Crippen LogP contribution is -1.98. The lowest BCUT2D eigenvalue weighted by molar-refractivity contribution is 0.104. The van der Waals surface area contributed by atoms with Crippen molar-refractivity contribution in [3.8, 4) is 5.75 Å². The zero-order chi connectivity index (χ0) is 14.5. The smallest absolute Gasteiger partial charge is 0.199 e. The highest BCUT2D eigenvalue weighted by molar-refractivity contribution is 9.12. The first kappa shape index (κ1) is 14.5. The van der Waals surface area contributed by atoms with Crippen molar-refractivity contribution < 1.29 is 9.53 Å². The van der Waals surface area contributed by atoms with Crippen LogP contribution in [0.4, 0.5) is 0 Å². The fourth-order valence-corrected chi connectivity index (χ4v) is 2.25. The molecule has 0 spiro atoms. The van der Waals surface area contributed by atoms with E-state index in [9.17, 15) is 4.79 Å². The second-order valence-electron chi connectivity index (χ2n) is 4.46. The molecule has 0 fully saturated rings. The van der Waals surface area contributed by atoms with Crippen molar-refractivity contribution in [1.82, 2.24) is 0 Å². The van der Waals surface area contributed by atoms with Gasteiger partial charge in [-0.05, 0) is 46.6 Å². The van der Waals surface area contributed by atoms with Crippen LogP contribution in [0.15, 0.2) is 53.0 Å². The Kier molecular flexibility index (Phi) is 4.74. The minimum atomic E-state index is -0.0270. The summed E-state index contributed by atoms with van der Waals surface area (Å²) >= 11 is 3.35. The largest absolute Gasteiger partial charge is 0.497 e. The molecule has 102 valence electrons. The highest BCUT2D eigenvalue weighted by Crippen LogP contribution is 2.20. The van der Waals surface area contributed by atoms with Crippen LogP contribution >= 0.6 is 15.9 Å². The summed E-state index contributed by atoms with van der Waals surface area (Å²) in [7, 11) is 1.63. The molecule has 20 heavy (non-hydrogen) atoms. The summed E-state index contributed by atoms with van der Waals surface area (Å²) in [5.74, 6) is 0.768. The third kappa shape index (κ3) is 3.58. The molecule has 3 heteroatoms. The summed E-state index contributed by atoms with van der Waals surface area (Å²) in [5, 5.41) is 0. The molecule has 2 aromatic rings. The Morgan fingerprint density at radius 1 is 1.05 bits per heavy atom. The molecule has 2 nitrogen and oxygen atoms in total. The van der Waals surface area contributed by atoms with Crippen LogP contribution in [0.25, 0.3) is 6.08 Å². The first-order valence-corrected chi connectivity index (χ1v) is 7.02. The monoisotopic (exact) mass is 330 g/mol. The van der Waals surface area contributed by atoms with Gasteiger partial charge < -0.3 is 4.74 Å². The Balaban J connectivity index is 2.20. The van der Waals surface area contributed by atoms with Gasteiger partial charge in [-0.25, -0.2) is 0 Å². The van der Waals surface area contributed by atoms with E-state index in [0.29, 0.717) is 10.0 Å². The Hall–Kier alpha value is -1.87. The molecule has 2 aromatic carbocycles. The van der Waals surface area contributed by atoms with E-state index in [2.05, 4.69) is 15.9 Å². The summed E-state index contributed by atoms with van der Waals surface area (Å²) < 4.78 is 5.64. The SMILES string of the molecule is COc1ccc(/C=C(\Br)C(=O)c2ccc(C)cc2)cc1. The minimum absolute atomic E-state index is 0.0270. The fraction of sp³-hybridized carbons (Fsp3) is 0.118. The lowest BCUT2D eigenvalue weighted by Gasteiger charge is -2.02. The van der Waals surface area contributed by atoms with Gasteiger partial charge >= 0.3 is 0 Å². The summed E-state index contributed by atoms with van der Waals surface area (Å²) in [6.45, 7) is 2.00. The van der Waals surface area contributed by atoms with Crippen LogP contribution in [0.2, 0.25) is 0 Å². The van der Waals surface area contributed by atoms with Gasteiger partial charge in [-0.15, -0.1) is 0 Å². The molecule has 0 saturated carbocycles. The Labute approximate surface area is 127 Å². The molecule has 0 N–H and O–H groups in total. The van der Waals surface area contributed by atoms with Crippen molar-refractivity contribution >= 4 is 27.8 Å². The van der Waals surface area contributed by atoms with E-state index in [0.717, 1.165) is 16.9 Å². The molecule has 0 aliphatic heterocycles. The maximum absolute atomic E-state index is 12.2. The zero-order valence-electron chi connectivity index (χ0n) is 11.4. The lowest BCUT2D eigenvalue weighted by atomic mass is 10.1. The van der Waals surface area contributed by atoms with E-state index in [4.69, 9.17) is 4.74 Å². The predicted molar refractivity (Wildman–Crippen MR) is 85.4 cm³/mol. The van der Waals surface area contributed by atoms with Crippen molar-refractivity contribution in [2.75, 3.05) is 7.11 Å². The van der Waals surface area contributed by atoms with Gasteiger partial charge in [0, 0.05) is 5.56 Å². The molecule has 0 bridgehead atoms. The van der Waals surface area contributed by atoms with E-state index in [-0.39, 0.29) is 5.78 Å². The Morgan fingerprint density at radius 2 is 1.65 bits per heavy atom. The molecule has 2 rings (SSSR count). The van der Waals surface area contributed by atoms with E-state index >= 15 is 0 Å². The summed E-state index contributed by atoms with van der Waals surface area (Å²) in [4.78, 5) is 12.2. The number of carbonyl (C=O) groups excluding carboxylic acids is 1. The third-order valence-electron chi connectivity index (χ3n) is 2.94. The first-order valence-electron chi connectivity index (χ1n) is 6.23. The van der Waals surface area contributed by atoms with Gasteiger partial charge in [0.1, 0.15) is 5.75 Å². The molecule has 0 aromatic heterocycles. The first-order chi connectivity index (χ1) is 9.60. The molecule has 0 unspecified atom stereocenters. The van der Waals surface area contributed by atoms with Gasteiger partial charge in [-0.2, -0.15) is 0 Å². The summed E-state index contributed by atoms with van der Waals surface area (Å²) in [5.41, 5.74) is 2.75. The number of hydrogen-bond donors (Lipinski definition) is 0. The molecule has 0 aliphatic carbocycles. The maximum atomic E-state index is 12.2. The van der Waals surface area contributed by atoms with Crippen LogP contribution < -0.4 is 4.74 Å². The van der Waals surface area contributed by atoms with Gasteiger partial charge in [0.2, 0.25) is 0 Å². The third-order valence-corrected chi connectivity index (χ3v) is 3.53. The number of ether oxygens (including phenoxy) is 1. The van der Waals surface area contributed by atoms with Gasteiger partial charge in [-0.1, -0.05) is 42.0 Å². The van der Waals surface area contributed by atoms with E-state index < -0.39 is 0 Å². The Morgan fingerprint density at radius 3 is 2.20 bits per heavy atom. The number of benzene rings is 2. The average molecular weight is 331 g/mol. The van der Waals surface area contributed by atoms with Crippen LogP contribution in [-0.4, -0.2) is 12.9 Å². The molecular weight excluding hydrogens is 316 g/mol. The van der Waals surface area contributed by atoms with Crippen molar-refractivity contribution in [2.24, 2.45) is 0 Å². The number of carbonyl (C=O) groups is 1. The molecule has 0 aliphatic rings. The highest BCUT2D eigenvalue weighted by atomic mass is 79.9. The van der Waals surface area contributed by atoms with Crippen molar-refractivity contribution in [3.05, 3.63) is 69.7 Å². The van der Waals surface area contributed by atoms with Crippen LogP contribution in [0.1, 0.15) is 21.5 Å². The molecule has 0 atom stereocenters. The van der Waals surface area contributed by atoms with Crippen LogP contribution in [0.3, 0.4) is 0 Å². The van der Waals surface area contributed by atoms with Gasteiger partial charge in [0.25, 0.3) is 0 Å². The van der Waals surface area contributed by atoms with Gasteiger partial charge in [0.15, 0.2) is 5.78 Å². The maximum Gasteiger partial charge on any atom is 0.199 e. The molecular formula is C17H15BrO2. The predicted octanol–water partition coefficient (Wildman–Crippen LogP) is 4.62. The Bertz CT molecular complexity index is 625. The standard InChI is InChI=1S/C17H15BrO2/c1-12-3-7-14(8-4-12)17(19)16(18)11-13-5-9-15(20-2)10-6-13/h3-11H,1-2H3/b16-11-. The van der Waals surface area contributed by atoms with E-state index in [1.165, 1.54) is 0 Å². The number of Topliss-reactive ketones (excluding diaryl/α,β-unsaturated/α-hetero) is 1. The number of aryl methyl sites for hydroxylation is 1. The van der Waals surface area contributed by atoms with Gasteiger partial charge in [0.05, 0.1) is 11.6 Å². The van der Waals surface area contributed by atoms with E-state index in [1.54, 1.807) is 7.11 Å². The van der Waals surface area contributed by atoms with Crippen LogP contribution in [0.5, 0.6) is 5.75 Å². The van der Waals surface area contributed by atoms with Gasteiger partial charge in [-0.3, -0.25) is 4.79 Å². The van der Waals surface area contributed by atoms with Crippen molar-refractivity contribution in [3.63, 3.8) is 0 Å².